The second-order valence-electron chi connectivity index (χ2n) is 8.83. The molecule has 0 aliphatic carbocycles. The number of amides is 1. The third-order valence-corrected chi connectivity index (χ3v) is 8.14. The van der Waals surface area contributed by atoms with Crippen molar-refractivity contribution in [2.24, 2.45) is 0 Å². The number of fused-ring (bicyclic) bond motifs is 5. The van der Waals surface area contributed by atoms with Crippen molar-refractivity contribution in [3.63, 3.8) is 0 Å². The maximum atomic E-state index is 14.8. The van der Waals surface area contributed by atoms with Crippen LogP contribution in [0.15, 0.2) is 21.8 Å². The van der Waals surface area contributed by atoms with E-state index in [1.807, 2.05) is 0 Å². The highest BCUT2D eigenvalue weighted by atomic mass is 32.2. The number of carbonyl (C=O) groups is 2. The summed E-state index contributed by atoms with van der Waals surface area (Å²) in [6.45, 7) is 1.36. The van der Waals surface area contributed by atoms with Crippen LogP contribution in [0.3, 0.4) is 0 Å². The average Bonchev–Trinajstić information content (AvgIpc) is 3.19. The van der Waals surface area contributed by atoms with Crippen molar-refractivity contribution in [1.82, 2.24) is 14.9 Å². The zero-order valence-electron chi connectivity index (χ0n) is 18.6. The van der Waals surface area contributed by atoms with E-state index in [2.05, 4.69) is 5.32 Å². The van der Waals surface area contributed by atoms with E-state index in [9.17, 15) is 29.0 Å². The number of aliphatic hydroxyl groups is 2. The fourth-order valence-corrected chi connectivity index (χ4v) is 6.41. The van der Waals surface area contributed by atoms with Crippen molar-refractivity contribution in [1.29, 1.82) is 0 Å². The van der Waals surface area contributed by atoms with E-state index in [1.165, 1.54) is 22.4 Å². The number of esters is 1. The first-order chi connectivity index (χ1) is 16.8. The van der Waals surface area contributed by atoms with Crippen LogP contribution in [0, 0.1) is 12.7 Å². The van der Waals surface area contributed by atoms with Crippen molar-refractivity contribution >= 4 is 34.5 Å². The van der Waals surface area contributed by atoms with Crippen LogP contribution in [0.4, 0.5) is 4.39 Å². The molecule has 2 unspecified atom stereocenters. The molecular weight excluding hydrogens is 477 g/mol. The number of ether oxygens (including phenoxy) is 1. The number of thioether (sulfide) groups is 1. The van der Waals surface area contributed by atoms with Crippen molar-refractivity contribution in [2.45, 2.75) is 43.5 Å². The first-order valence-corrected chi connectivity index (χ1v) is 12.1. The lowest BCUT2D eigenvalue weighted by Gasteiger charge is -2.29. The Hall–Kier alpha value is -3.28. The van der Waals surface area contributed by atoms with Gasteiger partial charge >= 0.3 is 5.97 Å². The molecule has 9 nitrogen and oxygen atoms in total. The Morgan fingerprint density at radius 3 is 2.91 bits per heavy atom. The maximum Gasteiger partial charge on any atom is 0.340 e. The number of aliphatic hydroxyl groups excluding tert-OH is 2. The van der Waals surface area contributed by atoms with Crippen LogP contribution in [-0.4, -0.2) is 44.0 Å². The predicted molar refractivity (Wildman–Crippen MR) is 123 cm³/mol. The molecule has 1 aromatic carbocycles. The molecule has 6 rings (SSSR count). The van der Waals surface area contributed by atoms with Gasteiger partial charge in [-0.2, -0.15) is 0 Å². The van der Waals surface area contributed by atoms with E-state index < -0.39 is 29.5 Å². The SMILES string of the molecule is Cc1c(F)cc2nc3c(c4c2c1SCC4NC(=O)CCO)Cn1c-3cc2c(c1=O)COC(=O)C2O. The van der Waals surface area contributed by atoms with Gasteiger partial charge in [0, 0.05) is 39.6 Å². The number of benzene rings is 1. The van der Waals surface area contributed by atoms with Gasteiger partial charge in [0.25, 0.3) is 5.56 Å². The van der Waals surface area contributed by atoms with Gasteiger partial charge in [0.2, 0.25) is 5.91 Å². The van der Waals surface area contributed by atoms with Crippen LogP contribution in [0.5, 0.6) is 0 Å². The molecule has 0 saturated carbocycles. The minimum atomic E-state index is -1.58. The zero-order valence-corrected chi connectivity index (χ0v) is 19.4. The van der Waals surface area contributed by atoms with Gasteiger partial charge in [0.15, 0.2) is 6.10 Å². The molecule has 35 heavy (non-hydrogen) atoms. The summed E-state index contributed by atoms with van der Waals surface area (Å²) in [5, 5.41) is 23.2. The molecule has 3 aliphatic rings. The molecule has 2 aromatic heterocycles. The number of hydrogen-bond acceptors (Lipinski definition) is 8. The van der Waals surface area contributed by atoms with Crippen molar-refractivity contribution in [3.05, 3.63) is 56.1 Å². The predicted octanol–water partition coefficient (Wildman–Crippen LogP) is 1.61. The lowest BCUT2D eigenvalue weighted by atomic mass is 9.93. The molecule has 3 aromatic rings. The Morgan fingerprint density at radius 1 is 1.34 bits per heavy atom. The molecule has 0 bridgehead atoms. The van der Waals surface area contributed by atoms with Crippen molar-refractivity contribution in [3.8, 4) is 11.4 Å². The molecule has 0 spiro atoms. The summed E-state index contributed by atoms with van der Waals surface area (Å²) in [6.07, 6.45) is -1.63. The fourth-order valence-electron chi connectivity index (χ4n) is 5.15. The van der Waals surface area contributed by atoms with Crippen LogP contribution in [0.1, 0.15) is 46.4 Å². The summed E-state index contributed by atoms with van der Waals surface area (Å²) < 4.78 is 21.3. The normalized spacial score (nSPS) is 19.7. The van der Waals surface area contributed by atoms with Gasteiger partial charge in [-0.25, -0.2) is 14.2 Å². The van der Waals surface area contributed by atoms with E-state index in [-0.39, 0.29) is 43.2 Å². The topological polar surface area (TPSA) is 131 Å². The number of pyridine rings is 2. The maximum absolute atomic E-state index is 14.8. The Morgan fingerprint density at radius 2 is 2.14 bits per heavy atom. The summed E-state index contributed by atoms with van der Waals surface area (Å²) in [6, 6.07) is 2.48. The molecule has 1 amide bonds. The molecule has 0 saturated heterocycles. The Balaban J connectivity index is 1.62. The third kappa shape index (κ3) is 3.15. The van der Waals surface area contributed by atoms with Gasteiger partial charge in [-0.15, -0.1) is 11.8 Å². The number of rotatable bonds is 3. The highest BCUT2D eigenvalue weighted by Crippen LogP contribution is 2.48. The number of nitrogens with one attached hydrogen (secondary N) is 1. The van der Waals surface area contributed by atoms with Crippen LogP contribution < -0.4 is 10.9 Å². The molecule has 0 radical (unpaired) electrons. The highest BCUT2D eigenvalue weighted by molar-refractivity contribution is 7.99. The summed E-state index contributed by atoms with van der Waals surface area (Å²) >= 11 is 1.43. The number of carbonyl (C=O) groups excluding carboxylic acids is 2. The van der Waals surface area contributed by atoms with E-state index >= 15 is 0 Å². The first kappa shape index (κ1) is 22.2. The van der Waals surface area contributed by atoms with E-state index in [0.717, 1.165) is 21.4 Å². The summed E-state index contributed by atoms with van der Waals surface area (Å²) in [5.41, 5.74) is 3.22. The molecule has 0 fully saturated rings. The van der Waals surface area contributed by atoms with Gasteiger partial charge in [-0.3, -0.25) is 9.59 Å². The standard InChI is InChI=1S/C24H20FN3O6S/c1-9-13(25)5-14-19-18(15(8-35-22(9)19)26-17(30)2-3-29)11-6-28-16(20(11)27-14)4-10-12(23(28)32)7-34-24(33)21(10)31/h4-5,15,21,29,31H,2-3,6-8H2,1H3,(H,26,30). The second-order valence-corrected chi connectivity index (χ2v) is 9.86. The van der Waals surface area contributed by atoms with E-state index in [1.54, 1.807) is 13.0 Å². The smallest absolute Gasteiger partial charge is 0.340 e. The molecule has 2 atom stereocenters. The number of cyclic esters (lactones) is 1. The Bertz CT molecular complexity index is 1530. The van der Waals surface area contributed by atoms with Crippen LogP contribution >= 0.6 is 11.8 Å². The second kappa shape index (κ2) is 7.87. The van der Waals surface area contributed by atoms with Gasteiger partial charge in [-0.1, -0.05) is 0 Å². The summed E-state index contributed by atoms with van der Waals surface area (Å²) in [7, 11) is 0. The molecule has 3 N–H and O–H groups in total. The number of hydrogen-bond donors (Lipinski definition) is 3. The van der Waals surface area contributed by atoms with E-state index in [4.69, 9.17) is 9.72 Å². The van der Waals surface area contributed by atoms with Gasteiger partial charge in [0.1, 0.15) is 12.4 Å². The monoisotopic (exact) mass is 497 g/mol. The largest absolute Gasteiger partial charge is 0.458 e. The average molecular weight is 498 g/mol. The fraction of sp³-hybridized carbons (Fsp3) is 0.333. The molecule has 5 heterocycles. The summed E-state index contributed by atoms with van der Waals surface area (Å²) in [5.74, 6) is -1.10. The first-order valence-electron chi connectivity index (χ1n) is 11.1. The van der Waals surface area contributed by atoms with Crippen LogP contribution in [0.2, 0.25) is 0 Å². The van der Waals surface area contributed by atoms with Gasteiger partial charge in [-0.05, 0) is 24.1 Å². The van der Waals surface area contributed by atoms with Crippen LogP contribution in [0.25, 0.3) is 22.3 Å². The Kier molecular flexibility index (Phi) is 4.99. The van der Waals surface area contributed by atoms with Crippen molar-refractivity contribution in [2.75, 3.05) is 12.4 Å². The highest BCUT2D eigenvalue weighted by Gasteiger charge is 2.37. The summed E-state index contributed by atoms with van der Waals surface area (Å²) in [4.78, 5) is 43.1. The third-order valence-electron chi connectivity index (χ3n) is 6.85. The molecule has 11 heteroatoms. The molecule has 3 aliphatic heterocycles. The van der Waals surface area contributed by atoms with Gasteiger partial charge in [0.05, 0.1) is 41.7 Å². The lowest BCUT2D eigenvalue weighted by molar-refractivity contribution is -0.157. The Labute approximate surface area is 201 Å². The van der Waals surface area contributed by atoms with Gasteiger partial charge < -0.3 is 24.8 Å². The zero-order chi connectivity index (χ0) is 24.6. The number of halogens is 1. The lowest BCUT2D eigenvalue weighted by Crippen LogP contribution is -2.33. The van der Waals surface area contributed by atoms with Crippen molar-refractivity contribution < 1.29 is 28.9 Å². The quantitative estimate of drug-likeness (QED) is 0.364. The minimum Gasteiger partial charge on any atom is -0.458 e. The number of nitrogens with zero attached hydrogens (tertiary/aromatic N) is 2. The molecule has 180 valence electrons. The van der Waals surface area contributed by atoms with E-state index in [0.29, 0.717) is 28.2 Å². The molecular formula is C24H20FN3O6S. The van der Waals surface area contributed by atoms with Crippen LogP contribution in [-0.2, 0) is 27.5 Å². The number of aromatic nitrogens is 2. The minimum absolute atomic E-state index is 0.0504.